The Bertz CT molecular complexity index is 936. The molecule has 0 radical (unpaired) electrons. The standard InChI is InChI=1S/C19H20N2.2ClHO4/c1-15-13-18(16-9-11-20(2)12-10-16)14-19(21(15)3)17-7-5-4-6-8-17;2*2-1(3,4)5/h4-14H,1-3H3;2*(H,2,3,4,5)/q+2;;/p-2. The number of nitrogens with zero attached hydrogens (tertiary/aromatic N) is 2. The number of rotatable bonds is 2. The molecule has 168 valence electrons. The van der Waals surface area contributed by atoms with Crippen LogP contribution < -0.4 is 46.4 Å². The number of halogens is 2. The first-order valence-corrected chi connectivity index (χ1v) is 10.9. The summed E-state index contributed by atoms with van der Waals surface area (Å²) in [6.45, 7) is 2.15. The molecule has 0 fully saturated rings. The minimum atomic E-state index is -4.94. The van der Waals surface area contributed by atoms with Crippen molar-refractivity contribution in [2.45, 2.75) is 6.92 Å². The topological polar surface area (TPSA) is 192 Å². The third-order valence-electron chi connectivity index (χ3n) is 3.93. The van der Waals surface area contributed by atoms with Crippen molar-refractivity contribution in [2.24, 2.45) is 14.1 Å². The number of pyridine rings is 2. The van der Waals surface area contributed by atoms with Gasteiger partial charge in [0.1, 0.15) is 14.1 Å². The molecule has 0 bridgehead atoms. The van der Waals surface area contributed by atoms with Crippen LogP contribution >= 0.6 is 0 Å². The van der Waals surface area contributed by atoms with E-state index in [2.05, 4.69) is 90.1 Å². The summed E-state index contributed by atoms with van der Waals surface area (Å²) in [6, 6.07) is 19.3. The van der Waals surface area contributed by atoms with Crippen LogP contribution in [0, 0.1) is 27.4 Å². The van der Waals surface area contributed by atoms with E-state index in [1.165, 1.54) is 28.1 Å². The van der Waals surface area contributed by atoms with Crippen LogP contribution in [0.3, 0.4) is 0 Å². The maximum absolute atomic E-state index is 8.49. The zero-order chi connectivity index (χ0) is 23.8. The number of hydrogen-bond donors (Lipinski definition) is 0. The molecular formula is C19H20Cl2N2O8. The summed E-state index contributed by atoms with van der Waals surface area (Å²) in [6.07, 6.45) is 4.17. The second kappa shape index (κ2) is 11.4. The van der Waals surface area contributed by atoms with E-state index in [0.717, 1.165) is 0 Å². The van der Waals surface area contributed by atoms with Crippen LogP contribution in [0.1, 0.15) is 5.69 Å². The minimum absolute atomic E-state index is 1.24. The summed E-state index contributed by atoms with van der Waals surface area (Å²) in [5.41, 5.74) is 6.23. The lowest BCUT2D eigenvalue weighted by Crippen LogP contribution is -2.68. The third-order valence-corrected chi connectivity index (χ3v) is 3.93. The molecule has 0 atom stereocenters. The molecule has 0 amide bonds. The highest BCUT2D eigenvalue weighted by Gasteiger charge is 2.15. The van der Waals surface area contributed by atoms with Crippen LogP contribution in [0.2, 0.25) is 0 Å². The molecule has 0 aliphatic rings. The smallest absolute Gasteiger partial charge is 0.213 e. The van der Waals surface area contributed by atoms with Crippen LogP contribution in [0.25, 0.3) is 22.4 Å². The molecule has 2 aromatic heterocycles. The summed E-state index contributed by atoms with van der Waals surface area (Å²) in [4.78, 5) is 0. The molecule has 10 nitrogen and oxygen atoms in total. The molecule has 3 rings (SSSR count). The molecule has 0 saturated carbocycles. The first-order chi connectivity index (χ1) is 14.1. The average Bonchev–Trinajstić information content (AvgIpc) is 2.62. The molecule has 0 N–H and O–H groups in total. The minimum Gasteiger partial charge on any atom is -0.222 e. The van der Waals surface area contributed by atoms with Crippen molar-refractivity contribution in [2.75, 3.05) is 0 Å². The molecule has 3 aromatic rings. The Kier molecular flexibility index (Phi) is 9.87. The zero-order valence-electron chi connectivity index (χ0n) is 16.8. The number of aromatic nitrogens is 2. The lowest BCUT2D eigenvalue weighted by Gasteiger charge is -2.17. The van der Waals surface area contributed by atoms with Crippen molar-refractivity contribution in [3.8, 4) is 22.4 Å². The van der Waals surface area contributed by atoms with Gasteiger partial charge in [0.2, 0.25) is 5.69 Å². The Labute approximate surface area is 183 Å². The highest BCUT2D eigenvalue weighted by Crippen LogP contribution is 2.24. The highest BCUT2D eigenvalue weighted by atomic mass is 35.7. The Balaban J connectivity index is 0.000000404. The Hall–Kier alpha value is -2.22. The van der Waals surface area contributed by atoms with Gasteiger partial charge in [0.15, 0.2) is 18.1 Å². The van der Waals surface area contributed by atoms with Crippen LogP contribution in [0.15, 0.2) is 67.0 Å². The normalized spacial score (nSPS) is 11.1. The van der Waals surface area contributed by atoms with Gasteiger partial charge in [0, 0.05) is 36.8 Å². The molecule has 0 unspecified atom stereocenters. The molecule has 1 aromatic carbocycles. The van der Waals surface area contributed by atoms with Crippen molar-refractivity contribution < 1.29 is 66.9 Å². The number of benzene rings is 1. The lowest BCUT2D eigenvalue weighted by molar-refractivity contribution is -2.00. The quantitative estimate of drug-likeness (QED) is 0.327. The van der Waals surface area contributed by atoms with Crippen molar-refractivity contribution in [3.05, 3.63) is 72.7 Å². The fraction of sp³-hybridized carbons (Fsp3) is 0.158. The van der Waals surface area contributed by atoms with Crippen LogP contribution in [0.4, 0.5) is 0 Å². The van der Waals surface area contributed by atoms with Gasteiger partial charge in [-0.25, -0.2) is 41.8 Å². The Morgan fingerprint density at radius 3 is 1.52 bits per heavy atom. The molecular weight excluding hydrogens is 455 g/mol. The largest absolute Gasteiger partial charge is 0.222 e. The molecule has 12 heteroatoms. The van der Waals surface area contributed by atoms with E-state index in [-0.39, 0.29) is 0 Å². The van der Waals surface area contributed by atoms with Crippen LogP contribution in [-0.2, 0) is 14.1 Å². The fourth-order valence-electron chi connectivity index (χ4n) is 2.54. The maximum Gasteiger partial charge on any atom is 0.213 e. The van der Waals surface area contributed by atoms with Gasteiger partial charge in [0.25, 0.3) is 0 Å². The third kappa shape index (κ3) is 11.7. The average molecular weight is 475 g/mol. The van der Waals surface area contributed by atoms with Crippen molar-refractivity contribution >= 4 is 0 Å². The first kappa shape index (κ1) is 26.8. The van der Waals surface area contributed by atoms with Crippen LogP contribution in [-0.4, -0.2) is 0 Å². The molecule has 0 aliphatic carbocycles. The summed E-state index contributed by atoms with van der Waals surface area (Å²) in [5.74, 6) is 0. The van der Waals surface area contributed by atoms with Gasteiger partial charge in [-0.05, 0) is 23.3 Å². The second-order valence-electron chi connectivity index (χ2n) is 6.20. The SMILES string of the molecule is Cc1cc(-c2cc[n+](C)cc2)cc(-c2ccccc2)[n+]1C.[O-][Cl+3]([O-])([O-])[O-].[O-][Cl+3]([O-])([O-])[O-]. The Morgan fingerprint density at radius 1 is 0.613 bits per heavy atom. The van der Waals surface area contributed by atoms with E-state index in [0.29, 0.717) is 0 Å². The molecule has 31 heavy (non-hydrogen) atoms. The predicted octanol–water partition coefficient (Wildman–Crippen LogP) is -6.53. The molecule has 2 heterocycles. The van der Waals surface area contributed by atoms with Crippen molar-refractivity contribution in [1.29, 1.82) is 0 Å². The van der Waals surface area contributed by atoms with E-state index in [4.69, 9.17) is 37.3 Å². The predicted molar refractivity (Wildman–Crippen MR) is 84.4 cm³/mol. The zero-order valence-corrected chi connectivity index (χ0v) is 18.3. The van der Waals surface area contributed by atoms with E-state index in [9.17, 15) is 0 Å². The van der Waals surface area contributed by atoms with Gasteiger partial charge in [-0.2, -0.15) is 4.57 Å². The Morgan fingerprint density at radius 2 is 1.06 bits per heavy atom. The fourth-order valence-corrected chi connectivity index (χ4v) is 2.54. The summed E-state index contributed by atoms with van der Waals surface area (Å²) < 4.78 is 72.2. The van der Waals surface area contributed by atoms with Gasteiger partial charge >= 0.3 is 0 Å². The maximum atomic E-state index is 8.49. The highest BCUT2D eigenvalue weighted by molar-refractivity contribution is 5.68. The lowest BCUT2D eigenvalue weighted by atomic mass is 10.0. The van der Waals surface area contributed by atoms with E-state index < -0.39 is 20.5 Å². The summed E-state index contributed by atoms with van der Waals surface area (Å²) >= 11 is 0. The first-order valence-electron chi connectivity index (χ1n) is 8.40. The van der Waals surface area contributed by atoms with Gasteiger partial charge in [-0.1, -0.05) is 18.2 Å². The van der Waals surface area contributed by atoms with E-state index >= 15 is 0 Å². The number of aryl methyl sites for hydroxylation is 2. The van der Waals surface area contributed by atoms with Gasteiger partial charge in [-0.15, -0.1) is 20.5 Å². The van der Waals surface area contributed by atoms with Gasteiger partial charge in [0.05, 0.1) is 0 Å². The van der Waals surface area contributed by atoms with Crippen molar-refractivity contribution in [1.82, 2.24) is 0 Å². The molecule has 0 saturated heterocycles. The van der Waals surface area contributed by atoms with Crippen molar-refractivity contribution in [3.63, 3.8) is 0 Å². The van der Waals surface area contributed by atoms with Gasteiger partial charge < -0.3 is 0 Å². The monoisotopic (exact) mass is 474 g/mol. The van der Waals surface area contributed by atoms with Gasteiger partial charge in [-0.3, -0.25) is 0 Å². The van der Waals surface area contributed by atoms with Crippen LogP contribution in [0.5, 0.6) is 0 Å². The van der Waals surface area contributed by atoms with E-state index in [1.54, 1.807) is 0 Å². The summed E-state index contributed by atoms with van der Waals surface area (Å²) in [5, 5.41) is 0. The van der Waals surface area contributed by atoms with E-state index in [1.807, 2.05) is 7.05 Å². The second-order valence-corrected chi connectivity index (χ2v) is 7.72. The number of hydrogen-bond acceptors (Lipinski definition) is 8. The molecule has 0 spiro atoms. The molecule has 0 aliphatic heterocycles. The summed E-state index contributed by atoms with van der Waals surface area (Å²) in [7, 11) is -5.73.